The second-order valence-corrected chi connectivity index (χ2v) is 6.36. The molecular formula is C12H22N4O. The Morgan fingerprint density at radius 2 is 2.18 bits per heavy atom. The smallest absolute Gasteiger partial charge is 0.240 e. The first kappa shape index (κ1) is 12.5. The molecule has 0 unspecified atom stereocenters. The second-order valence-electron chi connectivity index (χ2n) is 6.36. The molecule has 2 heterocycles. The highest BCUT2D eigenvalue weighted by Crippen LogP contribution is 2.29. The molecule has 1 aromatic rings. The largest absolute Gasteiger partial charge is 0.338 e. The van der Waals surface area contributed by atoms with Crippen molar-refractivity contribution >= 4 is 0 Å². The lowest BCUT2D eigenvalue weighted by Gasteiger charge is -2.17. The molecule has 0 saturated carbocycles. The third-order valence-corrected chi connectivity index (χ3v) is 3.16. The SMILES string of the molecule is CC1(C)CCN(Cc2nc(C(C)(C)N)no2)C1. The molecule has 1 aliphatic rings. The maximum Gasteiger partial charge on any atom is 0.240 e. The Bertz CT molecular complexity index is 391. The number of aromatic nitrogens is 2. The van der Waals surface area contributed by atoms with Crippen molar-refractivity contribution in [2.45, 2.75) is 46.2 Å². The molecule has 0 aromatic carbocycles. The fourth-order valence-electron chi connectivity index (χ4n) is 2.13. The van der Waals surface area contributed by atoms with Gasteiger partial charge in [-0.05, 0) is 32.2 Å². The summed E-state index contributed by atoms with van der Waals surface area (Å²) in [6.45, 7) is 11.2. The van der Waals surface area contributed by atoms with Crippen LogP contribution in [0.3, 0.4) is 0 Å². The van der Waals surface area contributed by atoms with Gasteiger partial charge in [-0.2, -0.15) is 4.98 Å². The van der Waals surface area contributed by atoms with E-state index in [9.17, 15) is 0 Å². The van der Waals surface area contributed by atoms with Gasteiger partial charge in [0, 0.05) is 6.54 Å². The normalized spacial score (nSPS) is 21.0. The standard InChI is InChI=1S/C12H22N4O/c1-11(2)5-6-16(8-11)7-9-14-10(15-17-9)12(3,4)13/h5-8,13H2,1-4H3. The molecule has 1 aliphatic heterocycles. The Balaban J connectivity index is 1.99. The molecule has 0 aliphatic carbocycles. The number of nitrogens with zero attached hydrogens (tertiary/aromatic N) is 3. The van der Waals surface area contributed by atoms with E-state index < -0.39 is 5.54 Å². The van der Waals surface area contributed by atoms with Crippen LogP contribution >= 0.6 is 0 Å². The number of rotatable bonds is 3. The quantitative estimate of drug-likeness (QED) is 0.864. The van der Waals surface area contributed by atoms with Gasteiger partial charge in [0.1, 0.15) is 0 Å². The van der Waals surface area contributed by atoms with Crippen molar-refractivity contribution in [1.29, 1.82) is 0 Å². The minimum atomic E-state index is -0.536. The average Bonchev–Trinajstić information content (AvgIpc) is 2.72. The van der Waals surface area contributed by atoms with Gasteiger partial charge in [-0.25, -0.2) is 0 Å². The first-order chi connectivity index (χ1) is 7.76. The molecule has 0 amide bonds. The summed E-state index contributed by atoms with van der Waals surface area (Å²) < 4.78 is 5.24. The van der Waals surface area contributed by atoms with Gasteiger partial charge in [-0.1, -0.05) is 19.0 Å². The highest BCUT2D eigenvalue weighted by Gasteiger charge is 2.30. The molecular weight excluding hydrogens is 216 g/mol. The van der Waals surface area contributed by atoms with Crippen molar-refractivity contribution in [1.82, 2.24) is 15.0 Å². The molecule has 1 aromatic heterocycles. The van der Waals surface area contributed by atoms with E-state index >= 15 is 0 Å². The van der Waals surface area contributed by atoms with Crippen molar-refractivity contribution in [3.63, 3.8) is 0 Å². The van der Waals surface area contributed by atoms with Gasteiger partial charge in [0.25, 0.3) is 0 Å². The van der Waals surface area contributed by atoms with Crippen LogP contribution in [0.15, 0.2) is 4.52 Å². The van der Waals surface area contributed by atoms with Gasteiger partial charge in [0.15, 0.2) is 5.82 Å². The fourth-order valence-corrected chi connectivity index (χ4v) is 2.13. The van der Waals surface area contributed by atoms with Gasteiger partial charge in [-0.3, -0.25) is 4.90 Å². The van der Waals surface area contributed by atoms with Crippen molar-refractivity contribution in [2.75, 3.05) is 13.1 Å². The van der Waals surface area contributed by atoms with Gasteiger partial charge in [0.05, 0.1) is 12.1 Å². The number of hydrogen-bond acceptors (Lipinski definition) is 5. The molecule has 2 rings (SSSR count). The minimum Gasteiger partial charge on any atom is -0.338 e. The zero-order valence-electron chi connectivity index (χ0n) is 11.2. The average molecular weight is 238 g/mol. The summed E-state index contributed by atoms with van der Waals surface area (Å²) in [5.41, 5.74) is 5.79. The molecule has 1 fully saturated rings. The highest BCUT2D eigenvalue weighted by molar-refractivity contribution is 4.99. The molecule has 0 atom stereocenters. The molecule has 17 heavy (non-hydrogen) atoms. The number of hydrogen-bond donors (Lipinski definition) is 1. The Labute approximate surface area is 102 Å². The van der Waals surface area contributed by atoms with Crippen LogP contribution < -0.4 is 5.73 Å². The molecule has 2 N–H and O–H groups in total. The third-order valence-electron chi connectivity index (χ3n) is 3.16. The zero-order chi connectivity index (χ0) is 12.7. The van der Waals surface area contributed by atoms with Crippen LogP contribution in [0.5, 0.6) is 0 Å². The molecule has 1 saturated heterocycles. The van der Waals surface area contributed by atoms with E-state index in [1.54, 1.807) is 0 Å². The number of likely N-dealkylation sites (tertiary alicyclic amines) is 1. The predicted molar refractivity (Wildman–Crippen MR) is 65.2 cm³/mol. The molecule has 0 radical (unpaired) electrons. The van der Waals surface area contributed by atoms with E-state index in [1.165, 1.54) is 6.42 Å². The van der Waals surface area contributed by atoms with E-state index in [4.69, 9.17) is 10.3 Å². The van der Waals surface area contributed by atoms with Crippen LogP contribution in [0, 0.1) is 5.41 Å². The van der Waals surface area contributed by atoms with Gasteiger partial charge < -0.3 is 10.3 Å². The van der Waals surface area contributed by atoms with E-state index in [-0.39, 0.29) is 0 Å². The van der Waals surface area contributed by atoms with E-state index in [0.29, 0.717) is 17.1 Å². The first-order valence-electron chi connectivity index (χ1n) is 6.11. The lowest BCUT2D eigenvalue weighted by molar-refractivity contribution is 0.243. The summed E-state index contributed by atoms with van der Waals surface area (Å²) >= 11 is 0. The van der Waals surface area contributed by atoms with Gasteiger partial charge >= 0.3 is 0 Å². The maximum absolute atomic E-state index is 5.92. The Morgan fingerprint density at radius 1 is 1.47 bits per heavy atom. The van der Waals surface area contributed by atoms with Crippen molar-refractivity contribution in [3.05, 3.63) is 11.7 Å². The monoisotopic (exact) mass is 238 g/mol. The maximum atomic E-state index is 5.92. The highest BCUT2D eigenvalue weighted by atomic mass is 16.5. The van der Waals surface area contributed by atoms with Crippen LogP contribution in [0.1, 0.15) is 45.8 Å². The number of nitrogens with two attached hydrogens (primary N) is 1. The molecule has 5 nitrogen and oxygen atoms in total. The summed E-state index contributed by atoms with van der Waals surface area (Å²) in [6, 6.07) is 0. The molecule has 5 heteroatoms. The van der Waals surface area contributed by atoms with Gasteiger partial charge in [0.2, 0.25) is 5.89 Å². The van der Waals surface area contributed by atoms with Crippen molar-refractivity contribution < 1.29 is 4.52 Å². The predicted octanol–water partition coefficient (Wildman–Crippen LogP) is 1.50. The van der Waals surface area contributed by atoms with Crippen LogP contribution in [0.2, 0.25) is 0 Å². The Morgan fingerprint density at radius 3 is 2.65 bits per heavy atom. The van der Waals surface area contributed by atoms with Crippen molar-refractivity contribution in [2.24, 2.45) is 11.1 Å². The summed E-state index contributed by atoms with van der Waals surface area (Å²) in [5, 5.41) is 3.93. The summed E-state index contributed by atoms with van der Waals surface area (Å²) in [7, 11) is 0. The second kappa shape index (κ2) is 4.07. The van der Waals surface area contributed by atoms with Crippen LogP contribution in [0.25, 0.3) is 0 Å². The third kappa shape index (κ3) is 3.04. The Hall–Kier alpha value is -0.940. The van der Waals surface area contributed by atoms with E-state index in [2.05, 4.69) is 28.9 Å². The van der Waals surface area contributed by atoms with Crippen molar-refractivity contribution in [3.8, 4) is 0 Å². The Kier molecular flexibility index (Phi) is 2.99. The lowest BCUT2D eigenvalue weighted by atomic mass is 9.93. The fraction of sp³-hybridized carbons (Fsp3) is 0.833. The van der Waals surface area contributed by atoms with Crippen LogP contribution in [-0.4, -0.2) is 28.1 Å². The zero-order valence-corrected chi connectivity index (χ0v) is 11.2. The summed E-state index contributed by atoms with van der Waals surface area (Å²) in [4.78, 5) is 6.70. The van der Waals surface area contributed by atoms with Crippen LogP contribution in [0.4, 0.5) is 0 Å². The van der Waals surface area contributed by atoms with E-state index in [1.807, 2.05) is 13.8 Å². The topological polar surface area (TPSA) is 68.2 Å². The van der Waals surface area contributed by atoms with Gasteiger partial charge in [-0.15, -0.1) is 0 Å². The lowest BCUT2D eigenvalue weighted by Crippen LogP contribution is -2.30. The molecule has 0 spiro atoms. The molecule has 0 bridgehead atoms. The van der Waals surface area contributed by atoms with E-state index in [0.717, 1.165) is 19.6 Å². The van der Waals surface area contributed by atoms with Crippen LogP contribution in [-0.2, 0) is 12.1 Å². The first-order valence-corrected chi connectivity index (χ1v) is 6.11. The summed E-state index contributed by atoms with van der Waals surface area (Å²) in [6.07, 6.45) is 1.22. The minimum absolute atomic E-state index is 0.399. The molecule has 96 valence electrons. The summed E-state index contributed by atoms with van der Waals surface area (Å²) in [5.74, 6) is 1.24.